The van der Waals surface area contributed by atoms with E-state index in [1.165, 1.54) is 0 Å². The third-order valence-electron chi connectivity index (χ3n) is 2.29. The van der Waals surface area contributed by atoms with Crippen molar-refractivity contribution in [1.82, 2.24) is 0 Å². The van der Waals surface area contributed by atoms with Gasteiger partial charge in [-0.1, -0.05) is 20.3 Å². The van der Waals surface area contributed by atoms with Gasteiger partial charge in [0.1, 0.15) is 6.61 Å². The van der Waals surface area contributed by atoms with Crippen LogP contribution in [-0.4, -0.2) is 36.5 Å². The van der Waals surface area contributed by atoms with E-state index < -0.39 is 31.4 Å². The molecule has 0 aromatic rings. The van der Waals surface area contributed by atoms with Gasteiger partial charge < -0.3 is 9.84 Å². The van der Waals surface area contributed by atoms with Gasteiger partial charge in [0.15, 0.2) is 0 Å². The highest BCUT2D eigenvalue weighted by atomic mass is 19.4. The Kier molecular flexibility index (Phi) is 5.61. The molecule has 0 rings (SSSR count). The maximum Gasteiger partial charge on any atom is 0.455 e. The van der Waals surface area contributed by atoms with Crippen molar-refractivity contribution in [2.75, 3.05) is 13.2 Å². The Morgan fingerprint density at radius 2 is 1.69 bits per heavy atom. The van der Waals surface area contributed by atoms with E-state index in [2.05, 4.69) is 4.74 Å². The SMILES string of the molecule is CCC(C)C(O)COCC(F)(F)C(F)(F)F. The van der Waals surface area contributed by atoms with Gasteiger partial charge in [0.05, 0.1) is 12.7 Å². The van der Waals surface area contributed by atoms with Crippen LogP contribution in [0.25, 0.3) is 0 Å². The second-order valence-corrected chi connectivity index (χ2v) is 3.67. The van der Waals surface area contributed by atoms with E-state index in [9.17, 15) is 27.1 Å². The molecule has 7 heteroatoms. The number of halogens is 5. The summed E-state index contributed by atoms with van der Waals surface area (Å²) >= 11 is 0. The number of hydrogen-bond donors (Lipinski definition) is 1. The van der Waals surface area contributed by atoms with Gasteiger partial charge in [0, 0.05) is 0 Å². The van der Waals surface area contributed by atoms with Crippen molar-refractivity contribution < 1.29 is 31.8 Å². The molecule has 16 heavy (non-hydrogen) atoms. The van der Waals surface area contributed by atoms with Gasteiger partial charge in [-0.2, -0.15) is 22.0 Å². The molecule has 2 nitrogen and oxygen atoms in total. The Hall–Kier alpha value is -0.430. The molecule has 0 saturated carbocycles. The van der Waals surface area contributed by atoms with Crippen molar-refractivity contribution in [3.05, 3.63) is 0 Å². The molecule has 0 bridgehead atoms. The first-order valence-corrected chi connectivity index (χ1v) is 4.82. The molecule has 1 N–H and O–H groups in total. The fourth-order valence-corrected chi connectivity index (χ4v) is 0.826. The van der Waals surface area contributed by atoms with Gasteiger partial charge in [0.25, 0.3) is 0 Å². The predicted octanol–water partition coefficient (Wildman–Crippen LogP) is 2.61. The molecule has 0 spiro atoms. The van der Waals surface area contributed by atoms with Crippen molar-refractivity contribution >= 4 is 0 Å². The smallest absolute Gasteiger partial charge is 0.390 e. The average Bonchev–Trinajstić information content (AvgIpc) is 2.14. The first-order chi connectivity index (χ1) is 7.12. The largest absolute Gasteiger partial charge is 0.455 e. The maximum absolute atomic E-state index is 12.3. The summed E-state index contributed by atoms with van der Waals surface area (Å²) in [5, 5.41) is 9.27. The van der Waals surface area contributed by atoms with E-state index in [-0.39, 0.29) is 5.92 Å². The van der Waals surface area contributed by atoms with Crippen LogP contribution in [-0.2, 0) is 4.74 Å². The molecule has 98 valence electrons. The Morgan fingerprint density at radius 1 is 1.19 bits per heavy atom. The Morgan fingerprint density at radius 3 is 2.06 bits per heavy atom. The second-order valence-electron chi connectivity index (χ2n) is 3.67. The van der Waals surface area contributed by atoms with E-state index in [1.807, 2.05) is 0 Å². The number of aliphatic hydroxyl groups excluding tert-OH is 1. The molecule has 0 heterocycles. The molecule has 2 unspecified atom stereocenters. The summed E-state index contributed by atoms with van der Waals surface area (Å²) in [6.45, 7) is 1.12. The molecule has 0 aliphatic heterocycles. The molecule has 0 fully saturated rings. The van der Waals surface area contributed by atoms with E-state index in [0.717, 1.165) is 0 Å². The van der Waals surface area contributed by atoms with E-state index in [0.29, 0.717) is 6.42 Å². The van der Waals surface area contributed by atoms with E-state index in [4.69, 9.17) is 0 Å². The average molecular weight is 250 g/mol. The van der Waals surface area contributed by atoms with Crippen LogP contribution in [0.3, 0.4) is 0 Å². The highest BCUT2D eigenvalue weighted by molar-refractivity contribution is 4.75. The molecular formula is C9H15F5O2. The minimum Gasteiger partial charge on any atom is -0.390 e. The molecule has 2 atom stereocenters. The Labute approximate surface area is 90.4 Å². The minimum atomic E-state index is -5.62. The summed E-state index contributed by atoms with van der Waals surface area (Å²) in [6.07, 6.45) is -6.07. The van der Waals surface area contributed by atoms with Crippen molar-refractivity contribution in [3.8, 4) is 0 Å². The highest BCUT2D eigenvalue weighted by Gasteiger charge is 2.57. The molecule has 0 aromatic carbocycles. The second kappa shape index (κ2) is 5.77. The molecule has 0 aliphatic rings. The van der Waals surface area contributed by atoms with Crippen LogP contribution >= 0.6 is 0 Å². The summed E-state index contributed by atoms with van der Waals surface area (Å²) in [5.74, 6) is -5.08. The standard InChI is InChI=1S/C9H15F5O2/c1-3-6(2)7(15)4-16-5-8(10,11)9(12,13)14/h6-7,15H,3-5H2,1-2H3. The van der Waals surface area contributed by atoms with Crippen LogP contribution in [0.2, 0.25) is 0 Å². The first kappa shape index (κ1) is 15.6. The maximum atomic E-state index is 12.3. The molecule has 0 saturated heterocycles. The summed E-state index contributed by atoms with van der Waals surface area (Å²) in [7, 11) is 0. The quantitative estimate of drug-likeness (QED) is 0.734. The zero-order valence-electron chi connectivity index (χ0n) is 9.02. The van der Waals surface area contributed by atoms with Crippen LogP contribution in [0.1, 0.15) is 20.3 Å². The molecule has 0 amide bonds. The molecule has 0 radical (unpaired) electrons. The van der Waals surface area contributed by atoms with Crippen molar-refractivity contribution in [2.45, 2.75) is 38.5 Å². The van der Waals surface area contributed by atoms with Crippen molar-refractivity contribution in [1.29, 1.82) is 0 Å². The zero-order chi connectivity index (χ0) is 13.0. The first-order valence-electron chi connectivity index (χ1n) is 4.82. The summed E-state index contributed by atoms with van der Waals surface area (Å²) in [6, 6.07) is 0. The Bertz CT molecular complexity index is 205. The van der Waals surface area contributed by atoms with Crippen LogP contribution in [0.15, 0.2) is 0 Å². The van der Waals surface area contributed by atoms with Gasteiger partial charge in [-0.15, -0.1) is 0 Å². The zero-order valence-corrected chi connectivity index (χ0v) is 9.02. The lowest BCUT2D eigenvalue weighted by Gasteiger charge is -2.21. The summed E-state index contributed by atoms with van der Waals surface area (Å²) < 4.78 is 63.9. The predicted molar refractivity (Wildman–Crippen MR) is 47.3 cm³/mol. The van der Waals surface area contributed by atoms with E-state index in [1.54, 1.807) is 13.8 Å². The lowest BCUT2D eigenvalue weighted by atomic mass is 10.0. The van der Waals surface area contributed by atoms with Crippen LogP contribution in [0.4, 0.5) is 22.0 Å². The Balaban J connectivity index is 3.99. The number of hydrogen-bond acceptors (Lipinski definition) is 2. The topological polar surface area (TPSA) is 29.5 Å². The lowest BCUT2D eigenvalue weighted by Crippen LogP contribution is -2.41. The van der Waals surface area contributed by atoms with Gasteiger partial charge in [-0.25, -0.2) is 0 Å². The minimum absolute atomic E-state index is 0.209. The van der Waals surface area contributed by atoms with Crippen LogP contribution in [0, 0.1) is 5.92 Å². The normalized spacial score (nSPS) is 17.2. The molecule has 0 aliphatic carbocycles. The lowest BCUT2D eigenvalue weighted by molar-refractivity contribution is -0.298. The number of alkyl halides is 5. The molecular weight excluding hydrogens is 235 g/mol. The number of aliphatic hydroxyl groups is 1. The fraction of sp³-hybridized carbons (Fsp3) is 1.00. The van der Waals surface area contributed by atoms with Crippen molar-refractivity contribution in [2.24, 2.45) is 5.92 Å². The fourth-order valence-electron chi connectivity index (χ4n) is 0.826. The van der Waals surface area contributed by atoms with Gasteiger partial charge in [-0.05, 0) is 5.92 Å². The van der Waals surface area contributed by atoms with Crippen LogP contribution in [0.5, 0.6) is 0 Å². The van der Waals surface area contributed by atoms with E-state index >= 15 is 0 Å². The monoisotopic (exact) mass is 250 g/mol. The van der Waals surface area contributed by atoms with Gasteiger partial charge in [-0.3, -0.25) is 0 Å². The number of rotatable bonds is 6. The highest BCUT2D eigenvalue weighted by Crippen LogP contribution is 2.35. The summed E-state index contributed by atoms with van der Waals surface area (Å²) in [5.41, 5.74) is 0. The molecule has 0 aromatic heterocycles. The third-order valence-corrected chi connectivity index (χ3v) is 2.29. The third kappa shape index (κ3) is 4.61. The van der Waals surface area contributed by atoms with Crippen LogP contribution < -0.4 is 0 Å². The summed E-state index contributed by atoms with van der Waals surface area (Å²) in [4.78, 5) is 0. The van der Waals surface area contributed by atoms with Gasteiger partial charge >= 0.3 is 12.1 Å². The van der Waals surface area contributed by atoms with Gasteiger partial charge in [0.2, 0.25) is 0 Å². The van der Waals surface area contributed by atoms with Crippen molar-refractivity contribution in [3.63, 3.8) is 0 Å². The number of ether oxygens (including phenoxy) is 1.